The molecule has 2 atom stereocenters. The molecular weight excluding hydrogens is 377 g/mol. The summed E-state index contributed by atoms with van der Waals surface area (Å²) in [4.78, 5) is 0.159. The number of hydrogen-bond donors (Lipinski definition) is 1. The topological polar surface area (TPSA) is 60.2 Å². The van der Waals surface area contributed by atoms with Crippen molar-refractivity contribution in [3.05, 3.63) is 69.7 Å². The number of sulfonamides is 1. The van der Waals surface area contributed by atoms with Crippen LogP contribution < -0.4 is 5.14 Å². The van der Waals surface area contributed by atoms with Crippen LogP contribution in [0.2, 0.25) is 10.0 Å². The van der Waals surface area contributed by atoms with Gasteiger partial charge in [0.05, 0.1) is 14.9 Å². The molecular formula is C19H17Cl2NO2S. The number of hydrogen-bond acceptors (Lipinski definition) is 2. The average Bonchev–Trinajstić information content (AvgIpc) is 3.10. The molecule has 0 saturated heterocycles. The Balaban J connectivity index is 1.51. The molecule has 2 aromatic rings. The van der Waals surface area contributed by atoms with Crippen LogP contribution in [-0.2, 0) is 10.0 Å². The first kappa shape index (κ1) is 17.1. The van der Waals surface area contributed by atoms with E-state index in [9.17, 15) is 8.42 Å². The highest BCUT2D eigenvalue weighted by Crippen LogP contribution is 2.68. The van der Waals surface area contributed by atoms with Gasteiger partial charge in [-0.2, -0.15) is 0 Å². The van der Waals surface area contributed by atoms with Gasteiger partial charge in [0.15, 0.2) is 0 Å². The number of halogens is 2. The lowest BCUT2D eigenvalue weighted by molar-refractivity contribution is 0.539. The Hall–Kier alpha value is -1.33. The number of allylic oxidation sites excluding steroid dienone is 2. The van der Waals surface area contributed by atoms with E-state index in [2.05, 4.69) is 6.08 Å². The maximum Gasteiger partial charge on any atom is 0.238 e. The number of benzene rings is 2. The predicted octanol–water partition coefficient (Wildman–Crippen LogP) is 4.99. The molecule has 3 nitrogen and oxygen atoms in total. The van der Waals surface area contributed by atoms with Crippen LogP contribution in [0.15, 0.2) is 53.4 Å². The van der Waals surface area contributed by atoms with Gasteiger partial charge in [0.1, 0.15) is 0 Å². The van der Waals surface area contributed by atoms with Gasteiger partial charge >= 0.3 is 0 Å². The summed E-state index contributed by atoms with van der Waals surface area (Å²) in [5.74, 6) is 0.457. The van der Waals surface area contributed by atoms with Gasteiger partial charge in [-0.3, -0.25) is 0 Å². The zero-order valence-electron chi connectivity index (χ0n) is 13.4. The second-order valence-electron chi connectivity index (χ2n) is 6.97. The summed E-state index contributed by atoms with van der Waals surface area (Å²) < 4.78 is 22.8. The molecule has 0 aliphatic heterocycles. The summed E-state index contributed by atoms with van der Waals surface area (Å²) in [6.07, 6.45) is 5.44. The second-order valence-corrected chi connectivity index (χ2v) is 9.35. The highest BCUT2D eigenvalue weighted by Gasteiger charge is 2.55. The van der Waals surface area contributed by atoms with Crippen molar-refractivity contribution in [2.45, 2.75) is 30.1 Å². The van der Waals surface area contributed by atoms with Crippen LogP contribution in [0.4, 0.5) is 0 Å². The molecule has 2 N–H and O–H groups in total. The zero-order chi connectivity index (χ0) is 17.8. The number of nitrogens with two attached hydrogens (primary N) is 1. The van der Waals surface area contributed by atoms with E-state index < -0.39 is 10.0 Å². The minimum absolute atomic E-state index is 0.159. The molecule has 0 heterocycles. The lowest BCUT2D eigenvalue weighted by Crippen LogP contribution is -2.11. The standard InChI is InChI=1S/C19H17Cl2NO2S/c20-17-6-3-13(9-18(17)21)14-7-8-19(10-14)11-16(19)12-1-4-15(5-2-12)25(22,23)24/h1-7,9,16H,8,10-11H2,(H2,22,23,24). The van der Waals surface area contributed by atoms with Crippen molar-refractivity contribution >= 4 is 38.8 Å². The quantitative estimate of drug-likeness (QED) is 0.797. The Morgan fingerprint density at radius 3 is 2.40 bits per heavy atom. The third-order valence-corrected chi connectivity index (χ3v) is 7.06. The lowest BCUT2D eigenvalue weighted by atomic mass is 9.93. The summed E-state index contributed by atoms with van der Waals surface area (Å²) >= 11 is 12.1. The van der Waals surface area contributed by atoms with Crippen molar-refractivity contribution in [2.24, 2.45) is 10.6 Å². The molecule has 2 unspecified atom stereocenters. The van der Waals surface area contributed by atoms with E-state index in [1.165, 1.54) is 11.1 Å². The summed E-state index contributed by atoms with van der Waals surface area (Å²) in [6, 6.07) is 12.7. The number of rotatable bonds is 3. The predicted molar refractivity (Wildman–Crippen MR) is 101 cm³/mol. The molecule has 0 aromatic heterocycles. The first-order chi connectivity index (χ1) is 11.8. The van der Waals surface area contributed by atoms with Crippen molar-refractivity contribution in [1.29, 1.82) is 0 Å². The molecule has 4 rings (SSSR count). The first-order valence-corrected chi connectivity index (χ1v) is 10.4. The fraction of sp³-hybridized carbons (Fsp3) is 0.263. The third kappa shape index (κ3) is 3.13. The van der Waals surface area contributed by atoms with Gasteiger partial charge in [-0.05, 0) is 71.6 Å². The van der Waals surface area contributed by atoms with Gasteiger partial charge in [0.25, 0.3) is 0 Å². The van der Waals surface area contributed by atoms with E-state index in [-0.39, 0.29) is 10.3 Å². The number of primary sulfonamides is 1. The van der Waals surface area contributed by atoms with E-state index in [4.69, 9.17) is 28.3 Å². The third-order valence-electron chi connectivity index (χ3n) is 5.39. The van der Waals surface area contributed by atoms with Crippen molar-refractivity contribution in [3.8, 4) is 0 Å². The van der Waals surface area contributed by atoms with E-state index >= 15 is 0 Å². The van der Waals surface area contributed by atoms with Crippen LogP contribution in [0.3, 0.4) is 0 Å². The Labute approximate surface area is 157 Å². The van der Waals surface area contributed by atoms with E-state index in [0.29, 0.717) is 16.0 Å². The maximum absolute atomic E-state index is 11.4. The monoisotopic (exact) mass is 393 g/mol. The van der Waals surface area contributed by atoms with Gasteiger partial charge < -0.3 is 0 Å². The minimum atomic E-state index is -3.64. The van der Waals surface area contributed by atoms with Crippen LogP contribution in [0.25, 0.3) is 5.57 Å². The lowest BCUT2D eigenvalue weighted by Gasteiger charge is -2.11. The molecule has 1 fully saturated rings. The highest BCUT2D eigenvalue weighted by atomic mass is 35.5. The molecule has 1 spiro atoms. The summed E-state index contributed by atoms with van der Waals surface area (Å²) in [6.45, 7) is 0. The van der Waals surface area contributed by atoms with Crippen molar-refractivity contribution in [1.82, 2.24) is 0 Å². The molecule has 2 aliphatic carbocycles. The average molecular weight is 394 g/mol. The summed E-state index contributed by atoms with van der Waals surface area (Å²) in [7, 11) is -3.64. The van der Waals surface area contributed by atoms with Crippen LogP contribution in [0.5, 0.6) is 0 Å². The maximum atomic E-state index is 11.4. The molecule has 0 bridgehead atoms. The molecule has 130 valence electrons. The van der Waals surface area contributed by atoms with Crippen LogP contribution >= 0.6 is 23.2 Å². The fourth-order valence-corrected chi connectivity index (χ4v) is 4.71. The molecule has 0 amide bonds. The second kappa shape index (κ2) is 5.85. The fourth-order valence-electron chi connectivity index (χ4n) is 3.90. The highest BCUT2D eigenvalue weighted by molar-refractivity contribution is 7.89. The Morgan fingerprint density at radius 1 is 1.04 bits per heavy atom. The zero-order valence-corrected chi connectivity index (χ0v) is 15.7. The minimum Gasteiger partial charge on any atom is -0.225 e. The molecule has 25 heavy (non-hydrogen) atoms. The van der Waals surface area contributed by atoms with Crippen molar-refractivity contribution in [3.63, 3.8) is 0 Å². The Bertz CT molecular complexity index is 983. The molecule has 1 saturated carbocycles. The molecule has 6 heteroatoms. The van der Waals surface area contributed by atoms with E-state index in [1.807, 2.05) is 30.3 Å². The Kier molecular flexibility index (Phi) is 4.00. The Morgan fingerprint density at radius 2 is 1.76 bits per heavy atom. The van der Waals surface area contributed by atoms with E-state index in [0.717, 1.165) is 24.8 Å². The van der Waals surface area contributed by atoms with Gasteiger partial charge in [-0.25, -0.2) is 13.6 Å². The van der Waals surface area contributed by atoms with Gasteiger partial charge in [0, 0.05) is 0 Å². The van der Waals surface area contributed by atoms with Crippen molar-refractivity contribution < 1.29 is 8.42 Å². The van der Waals surface area contributed by atoms with Crippen LogP contribution in [0, 0.1) is 5.41 Å². The van der Waals surface area contributed by atoms with Crippen molar-refractivity contribution in [2.75, 3.05) is 0 Å². The summed E-state index contributed by atoms with van der Waals surface area (Å²) in [5.41, 5.74) is 3.87. The molecule has 2 aromatic carbocycles. The largest absolute Gasteiger partial charge is 0.238 e. The smallest absolute Gasteiger partial charge is 0.225 e. The molecule has 2 aliphatic rings. The van der Waals surface area contributed by atoms with Crippen LogP contribution in [0.1, 0.15) is 36.3 Å². The van der Waals surface area contributed by atoms with Crippen LogP contribution in [-0.4, -0.2) is 8.42 Å². The van der Waals surface area contributed by atoms with E-state index in [1.54, 1.807) is 12.1 Å². The SMILES string of the molecule is NS(=O)(=O)c1ccc(C2CC23CC=C(c2ccc(Cl)c(Cl)c2)C3)cc1. The first-order valence-electron chi connectivity index (χ1n) is 8.06. The normalized spacial score (nSPS) is 25.2. The molecule has 0 radical (unpaired) electrons. The summed E-state index contributed by atoms with van der Waals surface area (Å²) in [5, 5.41) is 6.31. The van der Waals surface area contributed by atoms with Gasteiger partial charge in [-0.1, -0.05) is 47.5 Å². The van der Waals surface area contributed by atoms with Gasteiger partial charge in [0.2, 0.25) is 10.0 Å². The van der Waals surface area contributed by atoms with Gasteiger partial charge in [-0.15, -0.1) is 0 Å².